The van der Waals surface area contributed by atoms with E-state index in [1.54, 1.807) is 7.11 Å². The second-order valence-electron chi connectivity index (χ2n) is 12.6. The Balaban J connectivity index is 1.42. The van der Waals surface area contributed by atoms with Crippen LogP contribution in [-0.2, 0) is 14.4 Å². The summed E-state index contributed by atoms with van der Waals surface area (Å²) in [5, 5.41) is 10.9. The number of hydrogen-bond acceptors (Lipinski definition) is 6. The average Bonchev–Trinajstić information content (AvgIpc) is 3.43. The van der Waals surface area contributed by atoms with Gasteiger partial charge >= 0.3 is 5.97 Å². The first-order valence-electron chi connectivity index (χ1n) is 15.1. The minimum atomic E-state index is -1.08. The van der Waals surface area contributed by atoms with Crippen molar-refractivity contribution >= 4 is 28.7 Å². The fraction of sp³-hybridized carbons (Fsp3) is 0.471. The summed E-state index contributed by atoms with van der Waals surface area (Å²) in [7, 11) is 1.60. The zero-order valence-corrected chi connectivity index (χ0v) is 25.4. The van der Waals surface area contributed by atoms with E-state index in [1.165, 1.54) is 4.90 Å². The number of carboxylic acid groups (broad SMARTS) is 1. The number of pyridine rings is 1. The summed E-state index contributed by atoms with van der Waals surface area (Å²) >= 11 is 0. The Labute approximate surface area is 252 Å². The summed E-state index contributed by atoms with van der Waals surface area (Å²) in [4.78, 5) is 47.8. The third-order valence-electron chi connectivity index (χ3n) is 8.60. The number of piperidine rings is 1. The Bertz CT molecular complexity index is 1480. The van der Waals surface area contributed by atoms with E-state index in [4.69, 9.17) is 14.5 Å². The molecule has 1 aromatic heterocycles. The van der Waals surface area contributed by atoms with E-state index in [2.05, 4.69) is 0 Å². The summed E-state index contributed by atoms with van der Waals surface area (Å²) in [6.45, 7) is 7.32. The molecule has 0 saturated carbocycles. The molecule has 5 rings (SSSR count). The van der Waals surface area contributed by atoms with E-state index < -0.39 is 29.4 Å². The average molecular weight is 588 g/mol. The van der Waals surface area contributed by atoms with Gasteiger partial charge in [0.25, 0.3) is 0 Å². The minimum Gasteiger partial charge on any atom is -0.497 e. The monoisotopic (exact) mass is 587 g/mol. The van der Waals surface area contributed by atoms with Crippen molar-refractivity contribution in [3.8, 4) is 22.8 Å². The number of likely N-dealkylation sites (tertiary alicyclic amines) is 2. The standard InChI is InChI=1S/C34H41N3O6/c1-34(2,3)26(19-31(38)36-15-9-6-10-16-36)32(39)37-21-24(18-29(37)33(40)41)43-30-20-27(22-11-7-5-8-12-22)35-28-17-23(42-4)13-14-25(28)30/h5,7-8,11-14,17,20,24,26,29H,6,9-10,15-16,18-19,21H2,1-4H3,(H,40,41). The van der Waals surface area contributed by atoms with E-state index in [0.717, 1.165) is 30.2 Å². The molecule has 3 aromatic rings. The summed E-state index contributed by atoms with van der Waals surface area (Å²) in [5.41, 5.74) is 1.77. The molecule has 3 atom stereocenters. The lowest BCUT2D eigenvalue weighted by atomic mass is 9.77. The quantitative estimate of drug-likeness (QED) is 0.375. The first-order valence-corrected chi connectivity index (χ1v) is 15.1. The van der Waals surface area contributed by atoms with Gasteiger partial charge in [0, 0.05) is 49.0 Å². The van der Waals surface area contributed by atoms with Crippen LogP contribution < -0.4 is 9.47 Å². The number of amides is 2. The van der Waals surface area contributed by atoms with E-state index in [9.17, 15) is 19.5 Å². The first kappa shape index (κ1) is 30.3. The molecule has 0 radical (unpaired) electrons. The largest absolute Gasteiger partial charge is 0.497 e. The van der Waals surface area contributed by atoms with Crippen LogP contribution in [0.15, 0.2) is 54.6 Å². The topological polar surface area (TPSA) is 109 Å². The third kappa shape index (κ3) is 6.76. The molecule has 3 heterocycles. The van der Waals surface area contributed by atoms with Crippen LogP contribution in [0.1, 0.15) is 52.9 Å². The number of rotatable bonds is 8. The zero-order valence-electron chi connectivity index (χ0n) is 25.4. The van der Waals surface area contributed by atoms with Gasteiger partial charge < -0.3 is 24.4 Å². The summed E-state index contributed by atoms with van der Waals surface area (Å²) in [6, 6.07) is 16.1. The van der Waals surface area contributed by atoms with Gasteiger partial charge in [-0.3, -0.25) is 9.59 Å². The number of benzene rings is 2. The van der Waals surface area contributed by atoms with Gasteiger partial charge in [-0.1, -0.05) is 51.1 Å². The number of carboxylic acids is 1. The second kappa shape index (κ2) is 12.6. The number of aliphatic carboxylic acids is 1. The molecule has 0 aliphatic carbocycles. The Morgan fingerprint density at radius 3 is 2.40 bits per heavy atom. The molecule has 2 fully saturated rings. The van der Waals surface area contributed by atoms with Gasteiger partial charge in [-0.25, -0.2) is 9.78 Å². The number of carbonyl (C=O) groups excluding carboxylic acids is 2. The Morgan fingerprint density at radius 1 is 1.02 bits per heavy atom. The number of ether oxygens (including phenoxy) is 2. The Kier molecular flexibility index (Phi) is 8.89. The lowest BCUT2D eigenvalue weighted by Crippen LogP contribution is -2.48. The predicted octanol–water partition coefficient (Wildman–Crippen LogP) is 5.41. The van der Waals surface area contributed by atoms with Crippen molar-refractivity contribution in [2.45, 2.75) is 65.0 Å². The molecule has 3 unspecified atom stereocenters. The molecule has 2 amide bonds. The number of aromatic nitrogens is 1. The molecular weight excluding hydrogens is 546 g/mol. The number of hydrogen-bond donors (Lipinski definition) is 1. The van der Waals surface area contributed by atoms with Gasteiger partial charge in [-0.05, 0) is 36.8 Å². The van der Waals surface area contributed by atoms with Gasteiger partial charge in [-0.2, -0.15) is 0 Å². The number of nitrogens with zero attached hydrogens (tertiary/aromatic N) is 3. The summed E-state index contributed by atoms with van der Waals surface area (Å²) in [5.74, 6) is -0.871. The molecule has 2 aliphatic heterocycles. The lowest BCUT2D eigenvalue weighted by molar-refractivity contribution is -0.153. The van der Waals surface area contributed by atoms with E-state index in [1.807, 2.05) is 80.3 Å². The highest BCUT2D eigenvalue weighted by Crippen LogP contribution is 2.37. The van der Waals surface area contributed by atoms with Crippen molar-refractivity contribution in [1.29, 1.82) is 0 Å². The van der Waals surface area contributed by atoms with Crippen LogP contribution >= 0.6 is 0 Å². The molecular formula is C34H41N3O6. The van der Waals surface area contributed by atoms with Crippen molar-refractivity contribution in [3.05, 3.63) is 54.6 Å². The highest BCUT2D eigenvalue weighted by atomic mass is 16.5. The van der Waals surface area contributed by atoms with Crippen molar-refractivity contribution in [1.82, 2.24) is 14.8 Å². The summed E-state index contributed by atoms with van der Waals surface area (Å²) in [6.07, 6.45) is 2.68. The maximum Gasteiger partial charge on any atom is 0.326 e. The van der Waals surface area contributed by atoms with Gasteiger partial charge in [0.15, 0.2) is 0 Å². The van der Waals surface area contributed by atoms with Crippen molar-refractivity contribution in [3.63, 3.8) is 0 Å². The zero-order chi connectivity index (χ0) is 30.7. The molecule has 9 heteroatoms. The fourth-order valence-corrected chi connectivity index (χ4v) is 6.11. The van der Waals surface area contributed by atoms with Crippen molar-refractivity contribution in [2.24, 2.45) is 11.3 Å². The molecule has 228 valence electrons. The van der Waals surface area contributed by atoms with Crippen molar-refractivity contribution in [2.75, 3.05) is 26.7 Å². The Hall–Kier alpha value is -4.14. The van der Waals surface area contributed by atoms with Crippen LogP contribution in [0.25, 0.3) is 22.2 Å². The highest BCUT2D eigenvalue weighted by molar-refractivity contribution is 5.91. The molecule has 0 spiro atoms. The van der Waals surface area contributed by atoms with Crippen LogP contribution in [0, 0.1) is 11.3 Å². The van der Waals surface area contributed by atoms with Gasteiger partial charge in [0.05, 0.1) is 30.8 Å². The van der Waals surface area contributed by atoms with Crippen LogP contribution in [0.5, 0.6) is 11.5 Å². The van der Waals surface area contributed by atoms with Crippen LogP contribution in [0.3, 0.4) is 0 Å². The van der Waals surface area contributed by atoms with Gasteiger partial charge in [0.2, 0.25) is 11.8 Å². The summed E-state index contributed by atoms with van der Waals surface area (Å²) < 4.78 is 11.9. The molecule has 9 nitrogen and oxygen atoms in total. The highest BCUT2D eigenvalue weighted by Gasteiger charge is 2.46. The van der Waals surface area contributed by atoms with E-state index in [-0.39, 0.29) is 31.2 Å². The lowest BCUT2D eigenvalue weighted by Gasteiger charge is -2.36. The molecule has 43 heavy (non-hydrogen) atoms. The third-order valence-corrected chi connectivity index (χ3v) is 8.60. The van der Waals surface area contributed by atoms with Crippen molar-refractivity contribution < 1.29 is 29.0 Å². The number of carbonyl (C=O) groups is 3. The molecule has 2 saturated heterocycles. The second-order valence-corrected chi connectivity index (χ2v) is 12.6. The van der Waals surface area contributed by atoms with E-state index in [0.29, 0.717) is 35.8 Å². The molecule has 1 N–H and O–H groups in total. The predicted molar refractivity (Wildman–Crippen MR) is 164 cm³/mol. The fourth-order valence-electron chi connectivity index (χ4n) is 6.11. The smallest absolute Gasteiger partial charge is 0.326 e. The SMILES string of the molecule is COc1ccc2c(OC3CC(C(=O)O)N(C(=O)C(CC(=O)N4CCCCC4)C(C)(C)C)C3)cc(-c3ccccc3)nc2c1. The number of fused-ring (bicyclic) bond motifs is 1. The maximum absolute atomic E-state index is 14.1. The molecule has 2 aromatic carbocycles. The normalized spacial score (nSPS) is 19.7. The van der Waals surface area contributed by atoms with Crippen LogP contribution in [-0.4, -0.2) is 76.6 Å². The van der Waals surface area contributed by atoms with Crippen LogP contribution in [0.4, 0.5) is 0 Å². The molecule has 0 bridgehead atoms. The van der Waals surface area contributed by atoms with Gasteiger partial charge in [0.1, 0.15) is 23.6 Å². The number of methoxy groups -OCH3 is 1. The van der Waals surface area contributed by atoms with Gasteiger partial charge in [-0.15, -0.1) is 0 Å². The van der Waals surface area contributed by atoms with E-state index >= 15 is 0 Å². The van der Waals surface area contributed by atoms with Crippen LogP contribution in [0.2, 0.25) is 0 Å². The minimum absolute atomic E-state index is 0.0426. The molecule has 2 aliphatic rings. The maximum atomic E-state index is 14.1. The Morgan fingerprint density at radius 2 is 1.74 bits per heavy atom. The first-order chi connectivity index (χ1) is 20.5.